The Hall–Kier alpha value is -2.92. The van der Waals surface area contributed by atoms with Gasteiger partial charge in [-0.3, -0.25) is 30.2 Å². The average molecular weight is 1650 g/mol. The van der Waals surface area contributed by atoms with Gasteiger partial charge in [0.05, 0.1) is 51.0 Å². The van der Waals surface area contributed by atoms with Gasteiger partial charge in [0.1, 0.15) is 0 Å². The molecule has 0 saturated carbocycles. The monoisotopic (exact) mass is 1650 g/mol. The van der Waals surface area contributed by atoms with Crippen LogP contribution in [0.5, 0.6) is 0 Å². The molecule has 0 bridgehead atoms. The van der Waals surface area contributed by atoms with Crippen molar-refractivity contribution in [1.82, 2.24) is 70.8 Å². The van der Waals surface area contributed by atoms with Gasteiger partial charge in [-0.15, -0.1) is 0 Å². The molecule has 0 aromatic heterocycles. The Balaban J connectivity index is -0.000000222. The largest absolute Gasteiger partial charge is 0.513 e. The van der Waals surface area contributed by atoms with Crippen LogP contribution >= 0.6 is 0 Å². The van der Waals surface area contributed by atoms with Crippen LogP contribution in [0.3, 0.4) is 0 Å². The van der Waals surface area contributed by atoms with Gasteiger partial charge >= 0.3 is 0 Å². The summed E-state index contributed by atoms with van der Waals surface area (Å²) in [4.78, 5) is 53.0. The molecule has 7 N–H and O–H groups in total. The van der Waals surface area contributed by atoms with Crippen LogP contribution in [0.1, 0.15) is 225 Å². The predicted octanol–water partition coefficient (Wildman–Crippen LogP) is 14.3. The van der Waals surface area contributed by atoms with Crippen molar-refractivity contribution in [2.45, 2.75) is 243 Å². The van der Waals surface area contributed by atoms with E-state index in [0.29, 0.717) is 24.7 Å². The van der Waals surface area contributed by atoms with E-state index in [9.17, 15) is 9.59 Å². The maximum Gasteiger partial charge on any atom is 0.246 e. The maximum atomic E-state index is 11.3. The fraction of sp³-hybridized carbons (Fsp3) is 0.913. The molecule has 23 nitrogen and oxygen atoms in total. The maximum absolute atomic E-state index is 11.3. The number of hydrazine groups is 1. The van der Waals surface area contributed by atoms with Crippen molar-refractivity contribution in [2.24, 2.45) is 71.0 Å². The number of piperazine rings is 2. The lowest BCUT2D eigenvalue weighted by atomic mass is 9.87. The van der Waals surface area contributed by atoms with Crippen molar-refractivity contribution in [3.63, 3.8) is 0 Å². The second-order valence-corrected chi connectivity index (χ2v) is 36.9. The Morgan fingerprint density at radius 1 is 0.530 bits per heavy atom. The van der Waals surface area contributed by atoms with Crippen molar-refractivity contribution in [3.8, 4) is 0 Å². The molecule has 5 fully saturated rings. The van der Waals surface area contributed by atoms with Gasteiger partial charge in [-0.1, -0.05) is 177 Å². The Bertz CT molecular complexity index is 2130. The average Bonchev–Trinajstić information content (AvgIpc) is 1.81. The summed E-state index contributed by atoms with van der Waals surface area (Å²) in [6, 6.07) is 0. The number of rotatable bonds is 28. The molecular formula is C92H202N14O9. The highest BCUT2D eigenvalue weighted by Gasteiger charge is 2.21. The van der Waals surface area contributed by atoms with Gasteiger partial charge in [-0.25, -0.2) is 10.5 Å². The summed E-state index contributed by atoms with van der Waals surface area (Å²) in [7, 11) is 22.0. The van der Waals surface area contributed by atoms with Gasteiger partial charge in [0, 0.05) is 122 Å². The van der Waals surface area contributed by atoms with E-state index in [2.05, 4.69) is 224 Å². The highest BCUT2D eigenvalue weighted by molar-refractivity contribution is 5.77. The molecule has 6 heterocycles. The number of ether oxygens (including phenoxy) is 2. The van der Waals surface area contributed by atoms with Crippen LogP contribution in [0.15, 0.2) is 36.3 Å². The lowest BCUT2D eigenvalue weighted by Crippen LogP contribution is -2.53. The van der Waals surface area contributed by atoms with Gasteiger partial charge < -0.3 is 74.2 Å². The molecule has 1 atom stereocenters. The number of amides is 2. The lowest BCUT2D eigenvalue weighted by Gasteiger charge is -2.33. The summed E-state index contributed by atoms with van der Waals surface area (Å²) in [6.45, 7) is 88.8. The number of methoxy groups -OCH3 is 1. The fourth-order valence-electron chi connectivity index (χ4n) is 10.7. The van der Waals surface area contributed by atoms with Crippen LogP contribution in [-0.4, -0.2) is 336 Å². The summed E-state index contributed by atoms with van der Waals surface area (Å²) in [5.41, 5.74) is 10.5. The normalized spacial score (nSPS) is 16.9. The second-order valence-electron chi connectivity index (χ2n) is 36.9. The fourth-order valence-corrected chi connectivity index (χ4v) is 10.7. The number of likely N-dealkylation sites (tertiary alicyclic amines) is 3. The number of likely N-dealkylation sites (N-methyl/N-ethyl adjacent to an activating group) is 4. The van der Waals surface area contributed by atoms with Gasteiger partial charge in [-0.2, -0.15) is 0 Å². The molecule has 115 heavy (non-hydrogen) atoms. The van der Waals surface area contributed by atoms with Gasteiger partial charge in [0.25, 0.3) is 0 Å². The van der Waals surface area contributed by atoms with E-state index in [1.807, 2.05) is 114 Å². The van der Waals surface area contributed by atoms with Crippen molar-refractivity contribution in [1.29, 1.82) is 0 Å². The minimum atomic E-state index is -0.542. The third-order valence-electron chi connectivity index (χ3n) is 19.0. The number of hydroxylamine groups is 2. The van der Waals surface area contributed by atoms with E-state index in [4.69, 9.17) is 29.6 Å². The number of aliphatic hydroxyl groups excluding tert-OH is 3. The summed E-state index contributed by atoms with van der Waals surface area (Å²) < 4.78 is 10.2. The number of nitrogens with one attached hydrogen (secondary N) is 4. The Labute approximate surface area is 715 Å². The predicted molar refractivity (Wildman–Crippen MR) is 499 cm³/mol. The first-order chi connectivity index (χ1) is 53.5. The van der Waals surface area contributed by atoms with Crippen LogP contribution in [-0.2, 0) is 28.7 Å². The van der Waals surface area contributed by atoms with E-state index < -0.39 is 6.10 Å². The molecule has 0 aromatic rings. The molecule has 2 amide bonds. The van der Waals surface area contributed by atoms with Crippen LogP contribution in [0.4, 0.5) is 0 Å². The number of hydrogen-bond donors (Lipinski definition) is 7. The minimum absolute atomic E-state index is 0.0237. The van der Waals surface area contributed by atoms with E-state index in [0.717, 1.165) is 106 Å². The minimum Gasteiger partial charge on any atom is -0.513 e. The van der Waals surface area contributed by atoms with E-state index in [-0.39, 0.29) is 47.9 Å². The van der Waals surface area contributed by atoms with E-state index >= 15 is 0 Å². The van der Waals surface area contributed by atoms with Crippen LogP contribution in [0.25, 0.3) is 0 Å². The molecular weight excluding hydrogens is 1450 g/mol. The van der Waals surface area contributed by atoms with Crippen LogP contribution in [0, 0.1) is 71.0 Å². The molecule has 0 unspecified atom stereocenters. The van der Waals surface area contributed by atoms with Crippen molar-refractivity contribution >= 4 is 11.8 Å². The smallest absolute Gasteiger partial charge is 0.246 e. The SMILES string of the molecule is C=C(NOC)C(C)C.C=C(O)C(C)C.CC(C)C(=O)NN1CCN(C)CC1.CC(C)C(=O)NOCCN(C)C.CC(C)C1=CCN(C)CC1.CC(C)C1CCN(C)CC1.CC(C)CN(C)C.CC(C)CN1CCCC1.CC(C)CN1CCN(C)CC1.CC(C)OCCN1CCCC1.CC(C)[C@@H](O)CO.CNCC(C)C.COC(C)C. The number of aliphatic hydroxyl groups is 3. The molecule has 0 radical (unpaired) electrons. The first-order valence-electron chi connectivity index (χ1n) is 44.8. The van der Waals surface area contributed by atoms with Crippen LogP contribution < -0.4 is 21.7 Å². The third kappa shape index (κ3) is 94.8. The van der Waals surface area contributed by atoms with Gasteiger partial charge in [0.2, 0.25) is 11.8 Å². The first-order valence-corrected chi connectivity index (χ1v) is 44.8. The topological polar surface area (TPSA) is 212 Å². The molecule has 694 valence electrons. The standard InChI is InChI=1S/C9H19N3O.C9H20N2.C9H19NO.C9H19N.C9H17N.C8H18N2O2.C8H17N.C6H13NO.C6H15N.C5H13N.C5H12O2.C5H10O.C4H10O/c1-8(2)9(13)10-12-6-4-11(3)5-7-12;1-9(2)8-11-6-4-10(3)5-7-11;1-9(2)11-8-7-10-5-3-4-6-10;2*1-8(2)9-4-6-10(3)7-5-9;1-7(2)8(11)9-12-6-5-10(3)4;1-8(2)7-9-5-3-4-6-9;1-5(2)6(3)7-8-4;1-6(2)5-7(3)4;1-5(2)4-6-3;1-4(2)5(7)3-6;1-4(2)5(3)6;1-4(2)5-3/h8H,4-7H2,1-3H3,(H,10,13);9H,4-8H2,1-3H3;9H,3-8H2,1-2H3;8-9H,4-7H2,1-3H3;4,8H,5-7H2,1-3H3;7H,5-6H2,1-4H3,(H,9,11);8H,3-7H2,1-2H3;5,7H,3H2,1-2,4H3;6H,5H2,1-4H3;5-6H,4H2,1-3H3;4-7H,3H2,1-2H3;4,6H,3H2,1-2H3;4H,1-3H3/t;;;;;;;;;;5-;;/m..........0../s1. The van der Waals surface area contributed by atoms with Crippen molar-refractivity contribution in [2.75, 3.05) is 241 Å². The zero-order valence-corrected chi connectivity index (χ0v) is 83.0. The molecule has 6 aliphatic heterocycles. The summed E-state index contributed by atoms with van der Waals surface area (Å²) >= 11 is 0. The molecule has 0 aromatic carbocycles. The highest BCUT2D eigenvalue weighted by Crippen LogP contribution is 2.23. The number of allylic oxidation sites excluding steroid dienone is 2. The number of nitrogens with zero attached hydrogens (tertiary/aromatic N) is 10. The molecule has 5 saturated heterocycles. The number of carbonyl (C=O) groups is 2. The molecule has 6 rings (SSSR count). The van der Waals surface area contributed by atoms with E-state index in [1.165, 1.54) is 137 Å². The molecule has 0 spiro atoms. The zero-order chi connectivity index (χ0) is 90.3. The number of carbonyl (C=O) groups excluding carboxylic acids is 2. The molecule has 23 heteroatoms. The summed E-state index contributed by atoms with van der Waals surface area (Å²) in [6.07, 6.45) is 12.3. The summed E-state index contributed by atoms with van der Waals surface area (Å²) in [5.74, 6) is 7.08. The number of hydrogen-bond acceptors (Lipinski definition) is 21. The Kier molecular flexibility index (Phi) is 89.4. The summed E-state index contributed by atoms with van der Waals surface area (Å²) in [5, 5.41) is 30.4. The van der Waals surface area contributed by atoms with Crippen LogP contribution in [0.2, 0.25) is 0 Å². The van der Waals surface area contributed by atoms with E-state index in [1.54, 1.807) is 19.8 Å². The quantitative estimate of drug-likeness (QED) is 0.0168. The van der Waals surface area contributed by atoms with Gasteiger partial charge in [-0.05, 0) is 242 Å². The van der Waals surface area contributed by atoms with Crippen molar-refractivity contribution in [3.05, 3.63) is 36.3 Å². The lowest BCUT2D eigenvalue weighted by molar-refractivity contribution is -0.137. The van der Waals surface area contributed by atoms with Gasteiger partial charge in [0.15, 0.2) is 0 Å². The number of piperidine rings is 1. The second kappa shape index (κ2) is 82.1. The molecule has 6 aliphatic rings. The zero-order valence-electron chi connectivity index (χ0n) is 83.0. The Morgan fingerprint density at radius 2 is 0.965 bits per heavy atom. The molecule has 0 aliphatic carbocycles. The van der Waals surface area contributed by atoms with Crippen molar-refractivity contribution < 1.29 is 44.1 Å². The first kappa shape index (κ1) is 125. The Morgan fingerprint density at radius 3 is 1.24 bits per heavy atom. The highest BCUT2D eigenvalue weighted by atomic mass is 16.7. The third-order valence-corrected chi connectivity index (χ3v) is 19.0.